The number of hydrogen-bond acceptors (Lipinski definition) is 3. The van der Waals surface area contributed by atoms with Gasteiger partial charge in [-0.3, -0.25) is 14.5 Å². The maximum Gasteiger partial charge on any atom is 0.236 e. The molecule has 2 atom stereocenters. The second-order valence-corrected chi connectivity index (χ2v) is 7.55. The lowest BCUT2D eigenvalue weighted by Crippen LogP contribution is -2.50. The molecule has 0 bridgehead atoms. The Balaban J connectivity index is 1.95. The lowest BCUT2D eigenvalue weighted by atomic mass is 9.80. The van der Waals surface area contributed by atoms with Crippen molar-refractivity contribution in [3.8, 4) is 0 Å². The fraction of sp³-hybridized carbons (Fsp3) is 0.882. The van der Waals surface area contributed by atoms with Crippen LogP contribution in [0.5, 0.6) is 0 Å². The fourth-order valence-electron chi connectivity index (χ4n) is 3.85. The highest BCUT2D eigenvalue weighted by Crippen LogP contribution is 2.35. The number of primary amides is 1. The van der Waals surface area contributed by atoms with Crippen LogP contribution in [0.3, 0.4) is 0 Å². The zero-order valence-corrected chi connectivity index (χ0v) is 14.3. The summed E-state index contributed by atoms with van der Waals surface area (Å²) in [7, 11) is 0. The molecule has 0 spiro atoms. The molecule has 5 nitrogen and oxygen atoms in total. The first-order valence-electron chi connectivity index (χ1n) is 8.66. The average Bonchev–Trinajstić information content (AvgIpc) is 2.96. The monoisotopic (exact) mass is 309 g/mol. The number of piperidine rings is 1. The normalized spacial score (nSPS) is 27.1. The Bertz CT molecular complexity index is 422. The molecule has 2 saturated heterocycles. The van der Waals surface area contributed by atoms with E-state index in [1.165, 1.54) is 12.8 Å². The topological polar surface area (TPSA) is 66.6 Å². The van der Waals surface area contributed by atoms with Crippen molar-refractivity contribution in [1.29, 1.82) is 0 Å². The van der Waals surface area contributed by atoms with Crippen molar-refractivity contribution in [2.24, 2.45) is 17.1 Å². The molecular formula is C17H31N3O2. The highest BCUT2D eigenvalue weighted by Gasteiger charge is 2.37. The summed E-state index contributed by atoms with van der Waals surface area (Å²) in [6, 6.07) is 0.484. The number of carbonyl (C=O) groups is 2. The minimum atomic E-state index is -0.274. The van der Waals surface area contributed by atoms with E-state index >= 15 is 0 Å². The predicted molar refractivity (Wildman–Crippen MR) is 87.2 cm³/mol. The molecule has 2 fully saturated rings. The van der Waals surface area contributed by atoms with Gasteiger partial charge in [0, 0.05) is 19.1 Å². The molecule has 0 aliphatic carbocycles. The Morgan fingerprint density at radius 3 is 2.50 bits per heavy atom. The molecule has 22 heavy (non-hydrogen) atoms. The molecule has 0 aromatic carbocycles. The van der Waals surface area contributed by atoms with Gasteiger partial charge in [-0.1, -0.05) is 20.8 Å². The van der Waals surface area contributed by atoms with Crippen molar-refractivity contribution in [2.75, 3.05) is 26.2 Å². The van der Waals surface area contributed by atoms with E-state index in [9.17, 15) is 9.59 Å². The van der Waals surface area contributed by atoms with Crippen molar-refractivity contribution in [3.63, 3.8) is 0 Å². The van der Waals surface area contributed by atoms with E-state index < -0.39 is 0 Å². The summed E-state index contributed by atoms with van der Waals surface area (Å²) < 4.78 is 0. The maximum atomic E-state index is 12.6. The van der Waals surface area contributed by atoms with Crippen LogP contribution in [-0.2, 0) is 9.59 Å². The summed E-state index contributed by atoms with van der Waals surface area (Å²) in [6.45, 7) is 9.57. The van der Waals surface area contributed by atoms with Crippen LogP contribution in [-0.4, -0.2) is 53.8 Å². The number of amides is 2. The molecule has 2 rings (SSSR count). The van der Waals surface area contributed by atoms with E-state index in [1.807, 2.05) is 4.90 Å². The largest absolute Gasteiger partial charge is 0.369 e. The second kappa shape index (κ2) is 6.99. The van der Waals surface area contributed by atoms with Crippen molar-refractivity contribution in [2.45, 2.75) is 58.9 Å². The quantitative estimate of drug-likeness (QED) is 0.839. The number of likely N-dealkylation sites (tertiary alicyclic amines) is 2. The second-order valence-electron chi connectivity index (χ2n) is 7.55. The van der Waals surface area contributed by atoms with Crippen LogP contribution >= 0.6 is 0 Å². The minimum Gasteiger partial charge on any atom is -0.369 e. The van der Waals surface area contributed by atoms with E-state index in [1.54, 1.807) is 0 Å². The first kappa shape index (κ1) is 17.3. The van der Waals surface area contributed by atoms with Gasteiger partial charge in [-0.15, -0.1) is 0 Å². The highest BCUT2D eigenvalue weighted by molar-refractivity contribution is 5.81. The number of hydrogen-bond donors (Lipinski definition) is 1. The van der Waals surface area contributed by atoms with Gasteiger partial charge in [0.15, 0.2) is 0 Å². The van der Waals surface area contributed by atoms with E-state index in [2.05, 4.69) is 25.7 Å². The van der Waals surface area contributed by atoms with E-state index in [-0.39, 0.29) is 23.1 Å². The third-order valence-electron chi connectivity index (χ3n) is 5.69. The van der Waals surface area contributed by atoms with Crippen LogP contribution in [0.1, 0.15) is 52.9 Å². The molecule has 2 amide bonds. The highest BCUT2D eigenvalue weighted by atomic mass is 16.2. The molecule has 2 heterocycles. The van der Waals surface area contributed by atoms with Gasteiger partial charge >= 0.3 is 0 Å². The van der Waals surface area contributed by atoms with Crippen LogP contribution in [0.2, 0.25) is 0 Å². The zero-order chi connectivity index (χ0) is 16.3. The molecule has 0 saturated carbocycles. The Kier molecular flexibility index (Phi) is 5.48. The average molecular weight is 309 g/mol. The predicted octanol–water partition coefficient (Wildman–Crippen LogP) is 1.61. The molecule has 0 aromatic heterocycles. The van der Waals surface area contributed by atoms with Gasteiger partial charge in [0.25, 0.3) is 0 Å². The Morgan fingerprint density at radius 2 is 1.86 bits per heavy atom. The molecule has 0 unspecified atom stereocenters. The molecule has 2 aliphatic heterocycles. The summed E-state index contributed by atoms with van der Waals surface area (Å²) in [4.78, 5) is 28.2. The van der Waals surface area contributed by atoms with Crippen LogP contribution in [0.25, 0.3) is 0 Å². The summed E-state index contributed by atoms with van der Waals surface area (Å²) in [5.74, 6) is -0.285. The van der Waals surface area contributed by atoms with Gasteiger partial charge < -0.3 is 10.6 Å². The van der Waals surface area contributed by atoms with E-state index in [0.29, 0.717) is 19.1 Å². The number of nitrogens with two attached hydrogens (primary N) is 1. The molecule has 0 aromatic rings. The molecule has 2 N–H and O–H groups in total. The standard InChI is InChI=1S/C17H31N3O2/c1-4-17(2,3)14-8-6-9-19(14)12-15(21)20-10-5-7-13(11-20)16(18)22/h13-14H,4-12H2,1-3H3,(H2,18,22)/t13-,14-/m1/s1. The summed E-state index contributed by atoms with van der Waals surface area (Å²) in [5.41, 5.74) is 5.65. The fourth-order valence-corrected chi connectivity index (χ4v) is 3.85. The Morgan fingerprint density at radius 1 is 1.18 bits per heavy atom. The molecule has 2 aliphatic rings. The molecule has 0 radical (unpaired) electrons. The molecule has 5 heteroatoms. The van der Waals surface area contributed by atoms with Crippen molar-refractivity contribution >= 4 is 11.8 Å². The maximum absolute atomic E-state index is 12.6. The molecular weight excluding hydrogens is 278 g/mol. The van der Waals surface area contributed by atoms with Gasteiger partial charge in [-0.25, -0.2) is 0 Å². The van der Waals surface area contributed by atoms with Crippen molar-refractivity contribution in [3.05, 3.63) is 0 Å². The SMILES string of the molecule is CCC(C)(C)[C@H]1CCCN1CC(=O)N1CCC[C@@H](C(N)=O)C1. The number of nitrogens with zero attached hydrogens (tertiary/aromatic N) is 2. The minimum absolute atomic E-state index is 0.157. The van der Waals surface area contributed by atoms with Crippen LogP contribution in [0, 0.1) is 11.3 Å². The van der Waals surface area contributed by atoms with Crippen LogP contribution in [0.15, 0.2) is 0 Å². The Hall–Kier alpha value is -1.10. The lowest BCUT2D eigenvalue weighted by Gasteiger charge is -2.38. The van der Waals surface area contributed by atoms with Crippen LogP contribution < -0.4 is 5.73 Å². The third kappa shape index (κ3) is 3.80. The zero-order valence-electron chi connectivity index (χ0n) is 14.3. The number of carbonyl (C=O) groups excluding carboxylic acids is 2. The van der Waals surface area contributed by atoms with Crippen molar-refractivity contribution < 1.29 is 9.59 Å². The van der Waals surface area contributed by atoms with Gasteiger partial charge in [0.05, 0.1) is 12.5 Å². The number of rotatable bonds is 5. The van der Waals surface area contributed by atoms with Gasteiger partial charge in [-0.2, -0.15) is 0 Å². The van der Waals surface area contributed by atoms with E-state index in [4.69, 9.17) is 5.73 Å². The first-order valence-corrected chi connectivity index (χ1v) is 8.66. The summed E-state index contributed by atoms with van der Waals surface area (Å²) >= 11 is 0. The Labute approximate surface area is 134 Å². The third-order valence-corrected chi connectivity index (χ3v) is 5.69. The van der Waals surface area contributed by atoms with Gasteiger partial charge in [0.1, 0.15) is 0 Å². The van der Waals surface area contributed by atoms with E-state index in [0.717, 1.165) is 32.4 Å². The smallest absolute Gasteiger partial charge is 0.236 e. The first-order chi connectivity index (χ1) is 10.3. The summed E-state index contributed by atoms with van der Waals surface area (Å²) in [6.07, 6.45) is 5.16. The van der Waals surface area contributed by atoms with Gasteiger partial charge in [-0.05, 0) is 44.1 Å². The molecule has 126 valence electrons. The lowest BCUT2D eigenvalue weighted by molar-refractivity contribution is -0.136. The summed E-state index contributed by atoms with van der Waals surface area (Å²) in [5, 5.41) is 0. The van der Waals surface area contributed by atoms with Gasteiger partial charge in [0.2, 0.25) is 11.8 Å². The van der Waals surface area contributed by atoms with Crippen LogP contribution in [0.4, 0.5) is 0 Å². The van der Waals surface area contributed by atoms with Crippen molar-refractivity contribution in [1.82, 2.24) is 9.80 Å².